The second kappa shape index (κ2) is 21.4. The minimum absolute atomic E-state index is 0.0298. The van der Waals surface area contributed by atoms with E-state index in [1.54, 1.807) is 99.8 Å². The molecular weight excluding hydrogens is 926 g/mol. The summed E-state index contributed by atoms with van der Waals surface area (Å²) in [6.45, 7) is 0. The third-order valence-corrected chi connectivity index (χ3v) is 9.32. The summed E-state index contributed by atoms with van der Waals surface area (Å²) in [4.78, 5) is 0. The highest BCUT2D eigenvalue weighted by Crippen LogP contribution is 2.41. The van der Waals surface area contributed by atoms with Crippen molar-refractivity contribution >= 4 is 24.4 Å². The zero-order chi connectivity index (χ0) is 51.4. The molecule has 0 aliphatic carbocycles. The van der Waals surface area contributed by atoms with Crippen LogP contribution in [0.3, 0.4) is 0 Å². The SMILES string of the molecule is C[N+](C)(C)c1ccccc1-c1c(F)c(F)c(F)c(F)c1F.C[N+](C)(C)c1ccccc1-c1c(F)c(F)c(F)c(F)c1F.C[N+](C)(C)c1ccccc1-c1c(F)c(F)c(F)c(F)c1F.[O-]B([O-])[O-]. The van der Waals surface area contributed by atoms with Crippen LogP contribution < -0.4 is 28.5 Å². The first kappa shape index (κ1) is 55.4. The van der Waals surface area contributed by atoms with Gasteiger partial charge in [-0.25, -0.2) is 65.9 Å². The van der Waals surface area contributed by atoms with Crippen molar-refractivity contribution in [3.05, 3.63) is 160 Å². The van der Waals surface area contributed by atoms with Crippen molar-refractivity contribution in [1.82, 2.24) is 13.4 Å². The molecule has 0 radical (unpaired) electrons. The molecule has 0 saturated carbocycles. The number of hydrogen-bond donors (Lipinski definition) is 0. The lowest BCUT2D eigenvalue weighted by atomic mass is 10.0. The summed E-state index contributed by atoms with van der Waals surface area (Å²) < 4.78 is 204. The lowest BCUT2D eigenvalue weighted by Crippen LogP contribution is -2.56. The summed E-state index contributed by atoms with van der Waals surface area (Å²) in [7, 11) is 12.6. The Balaban J connectivity index is 0.000000256. The molecule has 0 saturated heterocycles. The molecule has 0 bridgehead atoms. The number of hydrogen-bond acceptors (Lipinski definition) is 3. The molecule has 6 rings (SSSR count). The van der Waals surface area contributed by atoms with Gasteiger partial charge in [0.25, 0.3) is 0 Å². The molecule has 22 heteroatoms. The standard InChI is InChI=1S/3C15H13F5N.BO3/c3*1-21(2,3)9-7-5-4-6-8(9)10-11(16)13(18)15(20)14(19)12(10)17;2-1(3)4/h3*4-7H,1-3H3;/q3*+1;-3. The van der Waals surface area contributed by atoms with Gasteiger partial charge in [0.1, 0.15) is 17.1 Å². The van der Waals surface area contributed by atoms with Gasteiger partial charge in [0.2, 0.25) is 17.5 Å². The Bertz CT molecular complexity index is 2390. The smallest absolute Gasteiger partial charge is 0.200 e. The van der Waals surface area contributed by atoms with E-state index in [0.717, 1.165) is 0 Å². The van der Waals surface area contributed by atoms with Gasteiger partial charge >= 0.3 is 0 Å². The molecule has 0 heterocycles. The number of rotatable bonds is 6. The monoisotopic (exact) mass is 965 g/mol. The van der Waals surface area contributed by atoms with E-state index in [9.17, 15) is 65.9 Å². The first-order chi connectivity index (χ1) is 30.7. The fourth-order valence-corrected chi connectivity index (χ4v) is 6.33. The zero-order valence-corrected chi connectivity index (χ0v) is 36.7. The minimum Gasteiger partial charge on any atom is -0.907 e. The zero-order valence-electron chi connectivity index (χ0n) is 36.7. The van der Waals surface area contributed by atoms with E-state index in [0.29, 0.717) is 17.1 Å². The number of benzene rings is 6. The maximum absolute atomic E-state index is 13.9. The van der Waals surface area contributed by atoms with Crippen molar-refractivity contribution in [3.8, 4) is 33.4 Å². The van der Waals surface area contributed by atoms with Crippen LogP contribution in [-0.4, -0.2) is 70.8 Å². The van der Waals surface area contributed by atoms with Crippen LogP contribution in [0.4, 0.5) is 82.9 Å². The topological polar surface area (TPSA) is 69.2 Å². The molecule has 360 valence electrons. The molecule has 0 amide bonds. The molecule has 0 atom stereocenters. The largest absolute Gasteiger partial charge is 0.907 e. The van der Waals surface area contributed by atoms with Crippen LogP contribution in [-0.2, 0) is 0 Å². The molecule has 0 aliphatic heterocycles. The molecule has 67 heavy (non-hydrogen) atoms. The van der Waals surface area contributed by atoms with E-state index in [1.807, 2.05) is 0 Å². The molecule has 6 aromatic rings. The molecule has 0 spiro atoms. The van der Waals surface area contributed by atoms with Crippen LogP contribution in [0.25, 0.3) is 33.4 Å². The van der Waals surface area contributed by atoms with Crippen LogP contribution >= 0.6 is 0 Å². The third kappa shape index (κ3) is 12.2. The van der Waals surface area contributed by atoms with Gasteiger partial charge in [0.15, 0.2) is 69.8 Å². The van der Waals surface area contributed by atoms with E-state index in [-0.39, 0.29) is 30.1 Å². The Hall–Kier alpha value is -5.91. The molecule has 0 N–H and O–H groups in total. The van der Waals surface area contributed by atoms with Crippen LogP contribution in [0.1, 0.15) is 0 Å². The van der Waals surface area contributed by atoms with Gasteiger partial charge in [-0.15, -0.1) is 0 Å². The van der Waals surface area contributed by atoms with Gasteiger partial charge in [-0.1, -0.05) is 36.4 Å². The lowest BCUT2D eigenvalue weighted by molar-refractivity contribution is -0.479. The van der Waals surface area contributed by atoms with Gasteiger partial charge in [-0.05, 0) is 36.4 Å². The predicted molar refractivity (Wildman–Crippen MR) is 219 cm³/mol. The summed E-state index contributed by atoms with van der Waals surface area (Å²) in [6, 6.07) is 18.1. The van der Waals surface area contributed by atoms with Crippen LogP contribution in [0.5, 0.6) is 0 Å². The van der Waals surface area contributed by atoms with E-state index < -0.39 is 111 Å². The highest BCUT2D eigenvalue weighted by Gasteiger charge is 2.33. The van der Waals surface area contributed by atoms with E-state index in [4.69, 9.17) is 15.1 Å². The van der Waals surface area contributed by atoms with Crippen LogP contribution in [0.2, 0.25) is 0 Å². The highest BCUT2D eigenvalue weighted by molar-refractivity contribution is 6.24. The second-order valence-electron chi connectivity index (χ2n) is 16.7. The van der Waals surface area contributed by atoms with Crippen LogP contribution in [0.15, 0.2) is 72.8 Å². The third-order valence-electron chi connectivity index (χ3n) is 9.32. The molecule has 0 fully saturated rings. The average molecular weight is 966 g/mol. The summed E-state index contributed by atoms with van der Waals surface area (Å²) in [5.41, 5.74) is -1.52. The quantitative estimate of drug-likeness (QED) is 0.0552. The Labute approximate surface area is 375 Å². The van der Waals surface area contributed by atoms with E-state index >= 15 is 0 Å². The fraction of sp³-hybridized carbons (Fsp3) is 0.200. The Morgan fingerprint density at radius 2 is 0.403 bits per heavy atom. The number of nitrogens with zero attached hydrogens (tertiary/aromatic N) is 3. The predicted octanol–water partition coefficient (Wildman–Crippen LogP) is 8.79. The van der Waals surface area contributed by atoms with Crippen molar-refractivity contribution in [2.75, 3.05) is 63.4 Å². The first-order valence-corrected chi connectivity index (χ1v) is 19.0. The number of halogens is 15. The molecule has 0 aromatic heterocycles. The Morgan fingerprint density at radius 1 is 0.269 bits per heavy atom. The molecule has 6 nitrogen and oxygen atoms in total. The summed E-state index contributed by atoms with van der Waals surface area (Å²) in [6.07, 6.45) is 0. The number of quaternary nitrogens is 3. The van der Waals surface area contributed by atoms with Crippen molar-refractivity contribution in [2.45, 2.75) is 0 Å². The maximum atomic E-state index is 13.9. The van der Waals surface area contributed by atoms with Crippen LogP contribution in [0, 0.1) is 87.3 Å². The number of para-hydroxylation sites is 3. The Kier molecular flexibility index (Phi) is 17.7. The molecule has 0 unspecified atom stereocenters. The van der Waals surface area contributed by atoms with Crippen molar-refractivity contribution in [1.29, 1.82) is 0 Å². The minimum atomic E-state index is -2.92. The molecule has 6 aromatic carbocycles. The first-order valence-electron chi connectivity index (χ1n) is 19.0. The highest BCUT2D eigenvalue weighted by atomic mass is 19.2. The van der Waals surface area contributed by atoms with Gasteiger partial charge < -0.3 is 15.1 Å². The van der Waals surface area contributed by atoms with Gasteiger partial charge in [0.05, 0.1) is 80.1 Å². The van der Waals surface area contributed by atoms with Crippen molar-refractivity contribution < 1.29 is 80.9 Å². The van der Waals surface area contributed by atoms with E-state index in [1.165, 1.54) is 36.4 Å². The van der Waals surface area contributed by atoms with Crippen molar-refractivity contribution in [3.63, 3.8) is 0 Å². The van der Waals surface area contributed by atoms with Gasteiger partial charge in [-0.3, -0.25) is 20.8 Å². The molecule has 0 aliphatic rings. The summed E-state index contributed by atoms with van der Waals surface area (Å²) in [5, 5.41) is 25.2. The van der Waals surface area contributed by atoms with E-state index in [2.05, 4.69) is 0 Å². The summed E-state index contributed by atoms with van der Waals surface area (Å²) >= 11 is 0. The lowest BCUT2D eigenvalue weighted by Gasteiger charge is -2.35. The normalized spacial score (nSPS) is 11.5. The Morgan fingerprint density at radius 3 is 0.552 bits per heavy atom. The average Bonchev–Trinajstić information content (AvgIpc) is 3.25. The van der Waals surface area contributed by atoms with Gasteiger partial charge in [0, 0.05) is 16.7 Å². The van der Waals surface area contributed by atoms with Gasteiger partial charge in [-0.2, -0.15) is 0 Å². The summed E-state index contributed by atoms with van der Waals surface area (Å²) in [5.74, 6) is -29.1. The molecular formula is C45H39BF15N3O3. The van der Waals surface area contributed by atoms with Crippen molar-refractivity contribution in [2.24, 2.45) is 0 Å². The second-order valence-corrected chi connectivity index (χ2v) is 16.7. The fourth-order valence-electron chi connectivity index (χ4n) is 6.33. The maximum Gasteiger partial charge on any atom is 0.200 e.